The maximum atomic E-state index is 13.9. The molecule has 1 fully saturated rings. The third kappa shape index (κ3) is 4.79. The molecule has 178 valence electrons. The van der Waals surface area contributed by atoms with Gasteiger partial charge in [-0.25, -0.2) is 9.07 Å². The number of nitrogens with two attached hydrogens (primary N) is 1. The Morgan fingerprint density at radius 1 is 1.12 bits per heavy atom. The van der Waals surface area contributed by atoms with E-state index in [0.717, 1.165) is 9.58 Å². The molecule has 2 heterocycles. The molecule has 34 heavy (non-hydrogen) atoms. The number of carbonyl (C=O) groups is 2. The zero-order valence-corrected chi connectivity index (χ0v) is 17.8. The Labute approximate surface area is 192 Å². The van der Waals surface area contributed by atoms with Gasteiger partial charge in [-0.05, 0) is 48.7 Å². The number of hydrogen-bond acceptors (Lipinski definition) is 4. The molecule has 3 aromatic rings. The summed E-state index contributed by atoms with van der Waals surface area (Å²) in [6.07, 6.45) is -5.32. The molecule has 0 saturated carbocycles. The molecule has 1 atom stereocenters. The zero-order valence-electron chi connectivity index (χ0n) is 17.8. The summed E-state index contributed by atoms with van der Waals surface area (Å²) < 4.78 is 54.9. The van der Waals surface area contributed by atoms with E-state index in [0.29, 0.717) is 18.1 Å². The molecule has 11 heteroatoms. The SMILES string of the molecule is NCc1cccc(-n2nc(C(F)(F)F)cc2C(=O)Nc2cccc(C(=O)N3CCCC3F)c2)c1. The first-order chi connectivity index (χ1) is 16.2. The van der Waals surface area contributed by atoms with Gasteiger partial charge in [0.15, 0.2) is 12.0 Å². The Bertz CT molecular complexity index is 1220. The van der Waals surface area contributed by atoms with E-state index in [-0.39, 0.29) is 42.1 Å². The Hall–Kier alpha value is -3.73. The van der Waals surface area contributed by atoms with Crippen molar-refractivity contribution in [2.75, 3.05) is 11.9 Å². The highest BCUT2D eigenvalue weighted by atomic mass is 19.4. The molecule has 4 rings (SSSR count). The average Bonchev–Trinajstić information content (AvgIpc) is 3.45. The van der Waals surface area contributed by atoms with Gasteiger partial charge in [0.25, 0.3) is 11.8 Å². The summed E-state index contributed by atoms with van der Waals surface area (Å²) >= 11 is 0. The Balaban J connectivity index is 1.64. The van der Waals surface area contributed by atoms with E-state index in [9.17, 15) is 27.2 Å². The predicted octanol–water partition coefficient (Wildman–Crippen LogP) is 4.13. The number of benzene rings is 2. The van der Waals surface area contributed by atoms with Crippen LogP contribution in [0.25, 0.3) is 5.69 Å². The lowest BCUT2D eigenvalue weighted by Gasteiger charge is -2.19. The van der Waals surface area contributed by atoms with Gasteiger partial charge in [-0.2, -0.15) is 18.3 Å². The second-order valence-corrected chi connectivity index (χ2v) is 7.81. The van der Waals surface area contributed by atoms with Crippen molar-refractivity contribution in [2.24, 2.45) is 5.73 Å². The molecule has 0 spiro atoms. The highest BCUT2D eigenvalue weighted by Crippen LogP contribution is 2.30. The van der Waals surface area contributed by atoms with Crippen LogP contribution in [0.5, 0.6) is 0 Å². The molecular weight excluding hydrogens is 454 g/mol. The molecule has 3 N–H and O–H groups in total. The molecule has 0 aliphatic carbocycles. The second-order valence-electron chi connectivity index (χ2n) is 7.81. The average molecular weight is 475 g/mol. The van der Waals surface area contributed by atoms with Crippen LogP contribution in [0.1, 0.15) is 44.9 Å². The lowest BCUT2D eigenvalue weighted by Crippen LogP contribution is -2.32. The lowest BCUT2D eigenvalue weighted by molar-refractivity contribution is -0.141. The molecule has 7 nitrogen and oxygen atoms in total. The molecule has 1 aliphatic heterocycles. The van der Waals surface area contributed by atoms with Crippen LogP contribution in [-0.2, 0) is 12.7 Å². The van der Waals surface area contributed by atoms with Gasteiger partial charge in [-0.15, -0.1) is 0 Å². The van der Waals surface area contributed by atoms with Gasteiger partial charge >= 0.3 is 6.18 Å². The fourth-order valence-electron chi connectivity index (χ4n) is 3.74. The van der Waals surface area contributed by atoms with Crippen molar-refractivity contribution in [1.82, 2.24) is 14.7 Å². The highest BCUT2D eigenvalue weighted by Gasteiger charge is 2.36. The summed E-state index contributed by atoms with van der Waals surface area (Å²) in [7, 11) is 0. The second kappa shape index (κ2) is 9.26. The van der Waals surface area contributed by atoms with Crippen LogP contribution in [0.4, 0.5) is 23.2 Å². The van der Waals surface area contributed by atoms with Gasteiger partial charge in [0, 0.05) is 30.4 Å². The Morgan fingerprint density at radius 3 is 2.56 bits per heavy atom. The summed E-state index contributed by atoms with van der Waals surface area (Å²) in [6, 6.07) is 12.8. The minimum atomic E-state index is -4.77. The number of amides is 2. The zero-order chi connectivity index (χ0) is 24.5. The molecule has 0 bridgehead atoms. The number of halogens is 4. The third-order valence-corrected chi connectivity index (χ3v) is 5.43. The number of hydrogen-bond donors (Lipinski definition) is 2. The molecule has 1 aromatic heterocycles. The smallest absolute Gasteiger partial charge is 0.326 e. The molecule has 1 unspecified atom stereocenters. The quantitative estimate of drug-likeness (QED) is 0.429. The van der Waals surface area contributed by atoms with Gasteiger partial charge in [-0.1, -0.05) is 18.2 Å². The van der Waals surface area contributed by atoms with E-state index in [1.165, 1.54) is 36.4 Å². The number of alkyl halides is 4. The van der Waals surface area contributed by atoms with Crippen LogP contribution in [0.3, 0.4) is 0 Å². The molecule has 0 radical (unpaired) electrons. The Morgan fingerprint density at radius 2 is 1.88 bits per heavy atom. The number of carbonyl (C=O) groups excluding carboxylic acids is 2. The van der Waals surface area contributed by atoms with Crippen LogP contribution < -0.4 is 11.1 Å². The minimum Gasteiger partial charge on any atom is -0.326 e. The molecular formula is C23H21F4N5O2. The predicted molar refractivity (Wildman–Crippen MR) is 116 cm³/mol. The first-order valence-corrected chi connectivity index (χ1v) is 10.5. The van der Waals surface area contributed by atoms with E-state index in [1.54, 1.807) is 12.1 Å². The van der Waals surface area contributed by atoms with Crippen molar-refractivity contribution in [3.05, 3.63) is 77.1 Å². The van der Waals surface area contributed by atoms with Crippen molar-refractivity contribution < 1.29 is 27.2 Å². The van der Waals surface area contributed by atoms with Gasteiger partial charge in [0.05, 0.1) is 5.69 Å². The monoisotopic (exact) mass is 475 g/mol. The van der Waals surface area contributed by atoms with Gasteiger partial charge in [0.2, 0.25) is 0 Å². The van der Waals surface area contributed by atoms with Crippen LogP contribution >= 0.6 is 0 Å². The third-order valence-electron chi connectivity index (χ3n) is 5.43. The van der Waals surface area contributed by atoms with E-state index in [4.69, 9.17) is 5.73 Å². The van der Waals surface area contributed by atoms with Gasteiger partial charge in [-0.3, -0.25) is 9.59 Å². The Kier molecular flexibility index (Phi) is 6.38. The van der Waals surface area contributed by atoms with Crippen molar-refractivity contribution in [1.29, 1.82) is 0 Å². The molecule has 1 aliphatic rings. The maximum absolute atomic E-state index is 13.9. The first kappa shape index (κ1) is 23.4. The number of aromatic nitrogens is 2. The highest BCUT2D eigenvalue weighted by molar-refractivity contribution is 6.04. The first-order valence-electron chi connectivity index (χ1n) is 10.5. The van der Waals surface area contributed by atoms with E-state index in [2.05, 4.69) is 10.4 Å². The fourth-order valence-corrected chi connectivity index (χ4v) is 3.74. The van der Waals surface area contributed by atoms with E-state index < -0.39 is 30.0 Å². The number of nitrogens with zero attached hydrogens (tertiary/aromatic N) is 3. The molecule has 2 aromatic carbocycles. The number of nitrogens with one attached hydrogen (secondary N) is 1. The summed E-state index contributed by atoms with van der Waals surface area (Å²) in [5.41, 5.74) is 5.23. The summed E-state index contributed by atoms with van der Waals surface area (Å²) in [4.78, 5) is 26.7. The minimum absolute atomic E-state index is 0.153. The fraction of sp³-hybridized carbons (Fsp3) is 0.261. The number of likely N-dealkylation sites (tertiary alicyclic amines) is 1. The van der Waals surface area contributed by atoms with Crippen molar-refractivity contribution in [2.45, 2.75) is 31.9 Å². The largest absolute Gasteiger partial charge is 0.435 e. The van der Waals surface area contributed by atoms with Crippen LogP contribution in [-0.4, -0.2) is 39.3 Å². The van der Waals surface area contributed by atoms with Crippen LogP contribution in [0.15, 0.2) is 54.6 Å². The standard InChI is InChI=1S/C23H21F4N5O2/c24-20-8-3-9-31(20)22(34)15-5-2-6-16(11-15)29-21(33)18-12-19(23(25,26)27)30-32(18)17-7-1-4-14(10-17)13-28/h1-2,4-7,10-12,20H,3,8-9,13,28H2,(H,29,33). The molecule has 2 amide bonds. The lowest BCUT2D eigenvalue weighted by atomic mass is 10.1. The summed E-state index contributed by atoms with van der Waals surface area (Å²) in [6.45, 7) is 0.443. The van der Waals surface area contributed by atoms with Crippen LogP contribution in [0.2, 0.25) is 0 Å². The van der Waals surface area contributed by atoms with Crippen LogP contribution in [0, 0.1) is 0 Å². The van der Waals surface area contributed by atoms with Gasteiger partial charge in [0.1, 0.15) is 5.69 Å². The normalized spacial score (nSPS) is 16.0. The van der Waals surface area contributed by atoms with Crippen molar-refractivity contribution >= 4 is 17.5 Å². The van der Waals surface area contributed by atoms with E-state index >= 15 is 0 Å². The topological polar surface area (TPSA) is 93.2 Å². The number of rotatable bonds is 5. The summed E-state index contributed by atoms with van der Waals surface area (Å²) in [5, 5.41) is 6.09. The van der Waals surface area contributed by atoms with E-state index in [1.807, 2.05) is 0 Å². The van der Waals surface area contributed by atoms with Gasteiger partial charge < -0.3 is 16.0 Å². The van der Waals surface area contributed by atoms with Crippen molar-refractivity contribution in [3.8, 4) is 5.69 Å². The van der Waals surface area contributed by atoms with Crippen molar-refractivity contribution in [3.63, 3.8) is 0 Å². The summed E-state index contributed by atoms with van der Waals surface area (Å²) in [5.74, 6) is -1.39. The maximum Gasteiger partial charge on any atom is 0.435 e. The molecule has 1 saturated heterocycles. The number of anilines is 1.